The summed E-state index contributed by atoms with van der Waals surface area (Å²) in [5.74, 6) is 3.33. The van der Waals surface area contributed by atoms with Crippen molar-refractivity contribution in [3.63, 3.8) is 0 Å². The molecule has 0 aliphatic carbocycles. The molecule has 0 atom stereocenters. The van der Waals surface area contributed by atoms with Crippen molar-refractivity contribution in [2.45, 2.75) is 32.2 Å². The normalized spacial score (nSPS) is 16.9. The number of rotatable bonds is 4. The molecule has 29 heavy (non-hydrogen) atoms. The molecule has 0 bridgehead atoms. The number of aromatic nitrogens is 1. The van der Waals surface area contributed by atoms with Crippen LogP contribution >= 0.6 is 0 Å². The lowest BCUT2D eigenvalue weighted by molar-refractivity contribution is 0.297. The van der Waals surface area contributed by atoms with E-state index in [0.717, 1.165) is 42.5 Å². The summed E-state index contributed by atoms with van der Waals surface area (Å²) in [6, 6.07) is 10.1. The molecule has 0 saturated carbocycles. The predicted octanol–water partition coefficient (Wildman–Crippen LogP) is 3.42. The summed E-state index contributed by atoms with van der Waals surface area (Å²) in [4.78, 5) is 11.3. The molecule has 2 aliphatic heterocycles. The maximum atomic E-state index is 5.77. The number of hydrogen-bond acceptors (Lipinski definition) is 5. The van der Waals surface area contributed by atoms with Gasteiger partial charge < -0.3 is 25.0 Å². The molecule has 0 unspecified atom stereocenters. The molecule has 1 aromatic carbocycles. The van der Waals surface area contributed by atoms with E-state index in [9.17, 15) is 0 Å². The fourth-order valence-electron chi connectivity index (χ4n) is 3.61. The van der Waals surface area contributed by atoms with Gasteiger partial charge in [0.1, 0.15) is 5.82 Å². The second kappa shape index (κ2) is 9.49. The second-order valence-corrected chi connectivity index (χ2v) is 7.33. The number of fused-ring (bicyclic) bond motifs is 1. The Bertz CT molecular complexity index is 849. The lowest BCUT2D eigenvalue weighted by Crippen LogP contribution is -2.31. The third kappa shape index (κ3) is 5.10. The minimum Gasteiger partial charge on any atom is -0.490 e. The van der Waals surface area contributed by atoms with Crippen LogP contribution in [0.25, 0.3) is 0 Å². The van der Waals surface area contributed by atoms with Crippen molar-refractivity contribution in [1.82, 2.24) is 10.3 Å². The number of nitrogens with one attached hydrogen (secondary N) is 2. The van der Waals surface area contributed by atoms with Gasteiger partial charge in [0.25, 0.3) is 0 Å². The molecule has 0 radical (unpaired) electrons. The summed E-state index contributed by atoms with van der Waals surface area (Å²) in [6.07, 6.45) is 6.60. The SMILES string of the molecule is CN=C(NCc1ccnc(N2CCCCC2)c1)Nc1ccc2c(c1)OCCCO2. The second-order valence-electron chi connectivity index (χ2n) is 7.33. The minimum atomic E-state index is 0.671. The first kappa shape index (κ1) is 19.4. The van der Waals surface area contributed by atoms with Gasteiger partial charge in [0.15, 0.2) is 17.5 Å². The fraction of sp³-hybridized carbons (Fsp3) is 0.455. The third-order valence-electron chi connectivity index (χ3n) is 5.18. The molecule has 1 aromatic heterocycles. The Morgan fingerprint density at radius 1 is 1.03 bits per heavy atom. The number of aliphatic imine (C=N–C) groups is 1. The first-order valence-electron chi connectivity index (χ1n) is 10.4. The Labute approximate surface area is 172 Å². The van der Waals surface area contributed by atoms with E-state index in [0.29, 0.717) is 25.7 Å². The van der Waals surface area contributed by atoms with Crippen LogP contribution in [0.1, 0.15) is 31.2 Å². The van der Waals surface area contributed by atoms with Crippen LogP contribution in [0.3, 0.4) is 0 Å². The van der Waals surface area contributed by atoms with Gasteiger partial charge in [-0.2, -0.15) is 0 Å². The fourth-order valence-corrected chi connectivity index (χ4v) is 3.61. The van der Waals surface area contributed by atoms with Crippen LogP contribution in [0.15, 0.2) is 41.5 Å². The van der Waals surface area contributed by atoms with Crippen LogP contribution in [-0.4, -0.2) is 44.3 Å². The van der Waals surface area contributed by atoms with Crippen LogP contribution in [0, 0.1) is 0 Å². The molecule has 154 valence electrons. The highest BCUT2D eigenvalue weighted by atomic mass is 16.5. The first-order chi connectivity index (χ1) is 14.3. The summed E-state index contributed by atoms with van der Waals surface area (Å²) in [5, 5.41) is 6.70. The summed E-state index contributed by atoms with van der Waals surface area (Å²) in [7, 11) is 1.77. The van der Waals surface area contributed by atoms with Gasteiger partial charge in [-0.1, -0.05) is 0 Å². The number of guanidine groups is 1. The number of hydrogen-bond donors (Lipinski definition) is 2. The van der Waals surface area contributed by atoms with E-state index < -0.39 is 0 Å². The van der Waals surface area contributed by atoms with Crippen molar-refractivity contribution in [2.24, 2.45) is 4.99 Å². The number of anilines is 2. The molecule has 2 aromatic rings. The highest BCUT2D eigenvalue weighted by Gasteiger charge is 2.13. The zero-order chi connectivity index (χ0) is 19.9. The van der Waals surface area contributed by atoms with Crippen molar-refractivity contribution in [3.8, 4) is 11.5 Å². The number of nitrogens with zero attached hydrogens (tertiary/aromatic N) is 3. The molecular weight excluding hydrogens is 366 g/mol. The number of piperidine rings is 1. The molecular formula is C22H29N5O2. The van der Waals surface area contributed by atoms with Crippen molar-refractivity contribution in [3.05, 3.63) is 42.1 Å². The zero-order valence-corrected chi connectivity index (χ0v) is 17.0. The van der Waals surface area contributed by atoms with E-state index in [4.69, 9.17) is 9.47 Å². The Morgan fingerprint density at radius 3 is 2.69 bits per heavy atom. The van der Waals surface area contributed by atoms with Crippen molar-refractivity contribution < 1.29 is 9.47 Å². The first-order valence-corrected chi connectivity index (χ1v) is 10.4. The maximum Gasteiger partial charge on any atom is 0.195 e. The molecule has 1 fully saturated rings. The minimum absolute atomic E-state index is 0.671. The van der Waals surface area contributed by atoms with Crippen LogP contribution in [0.4, 0.5) is 11.5 Å². The largest absolute Gasteiger partial charge is 0.490 e. The lowest BCUT2D eigenvalue weighted by atomic mass is 10.1. The molecule has 2 aliphatic rings. The number of pyridine rings is 1. The van der Waals surface area contributed by atoms with Gasteiger partial charge in [-0.25, -0.2) is 4.98 Å². The van der Waals surface area contributed by atoms with Gasteiger partial charge in [0.2, 0.25) is 0 Å². The van der Waals surface area contributed by atoms with Gasteiger partial charge in [0.05, 0.1) is 13.2 Å². The number of ether oxygens (including phenoxy) is 2. The summed E-state index contributed by atoms with van der Waals surface area (Å²) < 4.78 is 11.5. The maximum absolute atomic E-state index is 5.77. The predicted molar refractivity (Wildman–Crippen MR) is 116 cm³/mol. The van der Waals surface area contributed by atoms with Gasteiger partial charge in [-0.15, -0.1) is 0 Å². The highest BCUT2D eigenvalue weighted by molar-refractivity contribution is 5.93. The summed E-state index contributed by atoms with van der Waals surface area (Å²) in [5.41, 5.74) is 2.09. The Kier molecular flexibility index (Phi) is 6.34. The van der Waals surface area contributed by atoms with Gasteiger partial charge >= 0.3 is 0 Å². The van der Waals surface area contributed by atoms with E-state index in [2.05, 4.69) is 31.6 Å². The van der Waals surface area contributed by atoms with E-state index in [1.165, 1.54) is 24.8 Å². The quantitative estimate of drug-likeness (QED) is 0.611. The smallest absolute Gasteiger partial charge is 0.195 e. The number of benzene rings is 1. The van der Waals surface area contributed by atoms with E-state index in [1.54, 1.807) is 7.05 Å². The lowest BCUT2D eigenvalue weighted by Gasteiger charge is -2.28. The van der Waals surface area contributed by atoms with E-state index in [-0.39, 0.29) is 0 Å². The Hall–Kier alpha value is -2.96. The molecule has 7 heteroatoms. The topological polar surface area (TPSA) is 71.0 Å². The summed E-state index contributed by atoms with van der Waals surface area (Å²) in [6.45, 7) is 4.22. The van der Waals surface area contributed by atoms with Crippen LogP contribution in [-0.2, 0) is 6.54 Å². The Morgan fingerprint density at radius 2 is 1.86 bits per heavy atom. The average Bonchev–Trinajstić information content (AvgIpc) is 3.02. The van der Waals surface area contributed by atoms with Gasteiger partial charge in [-0.3, -0.25) is 4.99 Å². The standard InChI is InChI=1S/C22H29N5O2/c1-23-22(26-18-6-7-19-20(15-18)29-13-5-12-28-19)25-16-17-8-9-24-21(14-17)27-10-3-2-4-11-27/h6-9,14-15H,2-5,10-13,16H2,1H3,(H2,23,25,26). The average molecular weight is 396 g/mol. The summed E-state index contributed by atoms with van der Waals surface area (Å²) >= 11 is 0. The molecule has 0 amide bonds. The van der Waals surface area contributed by atoms with Crippen LogP contribution in [0.2, 0.25) is 0 Å². The molecule has 2 N–H and O–H groups in total. The van der Waals surface area contributed by atoms with Crippen LogP contribution < -0.4 is 25.0 Å². The van der Waals surface area contributed by atoms with Gasteiger partial charge in [0, 0.05) is 51.1 Å². The Balaban J connectivity index is 1.37. The monoisotopic (exact) mass is 395 g/mol. The highest BCUT2D eigenvalue weighted by Crippen LogP contribution is 2.32. The van der Waals surface area contributed by atoms with E-state index in [1.807, 2.05) is 30.5 Å². The van der Waals surface area contributed by atoms with Crippen molar-refractivity contribution >= 4 is 17.5 Å². The molecule has 1 saturated heterocycles. The molecule has 7 nitrogen and oxygen atoms in total. The van der Waals surface area contributed by atoms with E-state index >= 15 is 0 Å². The van der Waals surface area contributed by atoms with Gasteiger partial charge in [-0.05, 0) is 49.1 Å². The zero-order valence-electron chi connectivity index (χ0n) is 17.0. The third-order valence-corrected chi connectivity index (χ3v) is 5.18. The molecule has 3 heterocycles. The van der Waals surface area contributed by atoms with Crippen LogP contribution in [0.5, 0.6) is 11.5 Å². The van der Waals surface area contributed by atoms with Crippen molar-refractivity contribution in [2.75, 3.05) is 43.6 Å². The van der Waals surface area contributed by atoms with Crippen molar-refractivity contribution in [1.29, 1.82) is 0 Å². The molecule has 0 spiro atoms. The molecule has 4 rings (SSSR count).